The predicted molar refractivity (Wildman–Crippen MR) is 109 cm³/mol. The van der Waals surface area contributed by atoms with Crippen LogP contribution in [0.4, 0.5) is 10.1 Å². The van der Waals surface area contributed by atoms with E-state index < -0.39 is 0 Å². The lowest BCUT2D eigenvalue weighted by atomic mass is 9.89. The van der Waals surface area contributed by atoms with Gasteiger partial charge in [0.1, 0.15) is 22.9 Å². The van der Waals surface area contributed by atoms with Crippen molar-refractivity contribution in [2.24, 2.45) is 0 Å². The minimum Gasteiger partial charge on any atom is -0.497 e. The molecule has 2 aromatic rings. The molecule has 0 spiro atoms. The molecule has 1 aliphatic rings. The Bertz CT molecular complexity index is 844. The molecule has 4 nitrogen and oxygen atoms in total. The summed E-state index contributed by atoms with van der Waals surface area (Å²) in [6.07, 6.45) is 0.719. The van der Waals surface area contributed by atoms with E-state index in [-0.39, 0.29) is 17.5 Å². The van der Waals surface area contributed by atoms with Crippen molar-refractivity contribution < 1.29 is 13.9 Å². The van der Waals surface area contributed by atoms with Gasteiger partial charge in [-0.2, -0.15) is 0 Å². The van der Waals surface area contributed by atoms with Crippen molar-refractivity contribution in [3.05, 3.63) is 52.3 Å². The highest BCUT2D eigenvalue weighted by atomic mass is 79.9. The van der Waals surface area contributed by atoms with Crippen molar-refractivity contribution in [3.63, 3.8) is 0 Å². The van der Waals surface area contributed by atoms with Crippen molar-refractivity contribution >= 4 is 38.9 Å². The fourth-order valence-corrected chi connectivity index (χ4v) is 3.58. The zero-order valence-electron chi connectivity index (χ0n) is 14.7. The van der Waals surface area contributed by atoms with E-state index in [1.54, 1.807) is 19.2 Å². The van der Waals surface area contributed by atoms with Crippen LogP contribution in [-0.4, -0.2) is 17.8 Å². The molecule has 2 N–H and O–H groups in total. The number of nitrogens with one attached hydrogen (secondary N) is 2. The highest BCUT2D eigenvalue weighted by Crippen LogP contribution is 2.41. The van der Waals surface area contributed by atoms with E-state index in [1.165, 1.54) is 6.07 Å². The molecular formula is C19H20BrFN2O2S. The fourth-order valence-electron chi connectivity index (χ4n) is 3.00. The van der Waals surface area contributed by atoms with Crippen LogP contribution in [-0.2, 0) is 0 Å². The van der Waals surface area contributed by atoms with Crippen LogP contribution >= 0.6 is 28.1 Å². The standard InChI is InChI=1S/C19H20BrFN2O2S/c1-19(2)10-16(13-6-5-12(24-3)9-17(13)25-19)23-18(26)22-15-7-4-11(20)8-14(15)21/h4-9,16H,10H2,1-3H3,(H2,22,23,26)/t16-/m1/s1. The molecule has 0 aliphatic carbocycles. The number of hydrogen-bond acceptors (Lipinski definition) is 3. The number of rotatable bonds is 3. The fraction of sp³-hybridized carbons (Fsp3) is 0.316. The Balaban J connectivity index is 1.79. The summed E-state index contributed by atoms with van der Waals surface area (Å²) < 4.78 is 26.1. The van der Waals surface area contributed by atoms with Gasteiger partial charge in [-0.25, -0.2) is 4.39 Å². The minimum atomic E-state index is -0.374. The number of ether oxygens (including phenoxy) is 2. The molecule has 0 radical (unpaired) electrons. The van der Waals surface area contributed by atoms with Gasteiger partial charge in [0.25, 0.3) is 0 Å². The molecule has 0 saturated carbocycles. The number of methoxy groups -OCH3 is 1. The van der Waals surface area contributed by atoms with Crippen LogP contribution in [0.1, 0.15) is 31.9 Å². The first-order chi connectivity index (χ1) is 12.3. The average Bonchev–Trinajstić information content (AvgIpc) is 2.55. The normalized spacial score (nSPS) is 17.7. The summed E-state index contributed by atoms with van der Waals surface area (Å²) >= 11 is 8.64. The highest BCUT2D eigenvalue weighted by molar-refractivity contribution is 9.10. The molecule has 0 fully saturated rings. The van der Waals surface area contributed by atoms with Gasteiger partial charge < -0.3 is 20.1 Å². The molecule has 0 aromatic heterocycles. The Kier molecular flexibility index (Phi) is 5.39. The van der Waals surface area contributed by atoms with Gasteiger partial charge in [0, 0.05) is 22.5 Å². The summed E-state index contributed by atoms with van der Waals surface area (Å²) in [5.74, 6) is 1.12. The van der Waals surface area contributed by atoms with Gasteiger partial charge in [-0.3, -0.25) is 0 Å². The molecule has 26 heavy (non-hydrogen) atoms. The maximum Gasteiger partial charge on any atom is 0.171 e. The second-order valence-corrected chi connectivity index (χ2v) is 8.07. The molecule has 0 saturated heterocycles. The van der Waals surface area contributed by atoms with E-state index >= 15 is 0 Å². The molecule has 1 atom stereocenters. The molecule has 0 amide bonds. The molecule has 1 heterocycles. The summed E-state index contributed by atoms with van der Waals surface area (Å²) in [6, 6.07) is 10.5. The smallest absolute Gasteiger partial charge is 0.171 e. The molecule has 7 heteroatoms. The van der Waals surface area contributed by atoms with Crippen LogP contribution in [0.5, 0.6) is 11.5 Å². The van der Waals surface area contributed by atoms with Crippen molar-refractivity contribution in [2.45, 2.75) is 31.9 Å². The van der Waals surface area contributed by atoms with E-state index in [0.29, 0.717) is 15.3 Å². The van der Waals surface area contributed by atoms with Gasteiger partial charge in [0.05, 0.1) is 18.8 Å². The zero-order chi connectivity index (χ0) is 18.9. The van der Waals surface area contributed by atoms with E-state index in [4.69, 9.17) is 21.7 Å². The lowest BCUT2D eigenvalue weighted by Gasteiger charge is -2.38. The highest BCUT2D eigenvalue weighted by Gasteiger charge is 2.34. The SMILES string of the molecule is COc1ccc2c(c1)OC(C)(C)C[C@H]2NC(=S)Nc1ccc(Br)cc1F. The molecule has 0 bridgehead atoms. The summed E-state index contributed by atoms with van der Waals surface area (Å²) in [4.78, 5) is 0. The van der Waals surface area contributed by atoms with Crippen molar-refractivity contribution in [2.75, 3.05) is 12.4 Å². The summed E-state index contributed by atoms with van der Waals surface area (Å²) in [6.45, 7) is 4.05. The van der Waals surface area contributed by atoms with Crippen LogP contribution in [0.2, 0.25) is 0 Å². The van der Waals surface area contributed by atoms with Crippen molar-refractivity contribution in [1.82, 2.24) is 5.32 Å². The van der Waals surface area contributed by atoms with Gasteiger partial charge >= 0.3 is 0 Å². The number of anilines is 1. The summed E-state index contributed by atoms with van der Waals surface area (Å²) in [5, 5.41) is 6.56. The first-order valence-corrected chi connectivity index (χ1v) is 9.37. The quantitative estimate of drug-likeness (QED) is 0.645. The van der Waals surface area contributed by atoms with Gasteiger partial charge in [0.2, 0.25) is 0 Å². The van der Waals surface area contributed by atoms with E-state index in [2.05, 4.69) is 26.6 Å². The first-order valence-electron chi connectivity index (χ1n) is 8.17. The average molecular weight is 439 g/mol. The number of thiocarbonyl (C=S) groups is 1. The Hall–Kier alpha value is -1.86. The largest absolute Gasteiger partial charge is 0.497 e. The second kappa shape index (κ2) is 7.40. The van der Waals surface area contributed by atoms with Crippen LogP contribution in [0.25, 0.3) is 0 Å². The van der Waals surface area contributed by atoms with Crippen LogP contribution in [0, 0.1) is 5.82 Å². The van der Waals surface area contributed by atoms with Gasteiger partial charge in [-0.15, -0.1) is 0 Å². The molecule has 2 aromatic carbocycles. The summed E-state index contributed by atoms with van der Waals surface area (Å²) in [5.41, 5.74) is 0.952. The van der Waals surface area contributed by atoms with E-state index in [0.717, 1.165) is 23.5 Å². The van der Waals surface area contributed by atoms with Gasteiger partial charge in [0.15, 0.2) is 5.11 Å². The lowest BCUT2D eigenvalue weighted by molar-refractivity contribution is 0.0693. The number of hydrogen-bond donors (Lipinski definition) is 2. The van der Waals surface area contributed by atoms with Crippen LogP contribution < -0.4 is 20.1 Å². The number of benzene rings is 2. The van der Waals surface area contributed by atoms with Crippen LogP contribution in [0.15, 0.2) is 40.9 Å². The Morgan fingerprint density at radius 3 is 2.77 bits per heavy atom. The lowest BCUT2D eigenvalue weighted by Crippen LogP contribution is -2.42. The van der Waals surface area contributed by atoms with E-state index in [1.807, 2.05) is 32.0 Å². The Labute approximate surface area is 166 Å². The third kappa shape index (κ3) is 4.27. The maximum atomic E-state index is 14.0. The first kappa shape index (κ1) is 18.9. The monoisotopic (exact) mass is 438 g/mol. The maximum absolute atomic E-state index is 14.0. The van der Waals surface area contributed by atoms with Gasteiger partial charge in [-0.05, 0) is 56.4 Å². The molecule has 0 unspecified atom stereocenters. The molecule has 1 aliphatic heterocycles. The Morgan fingerprint density at radius 1 is 1.31 bits per heavy atom. The third-order valence-corrected chi connectivity index (χ3v) is 4.88. The zero-order valence-corrected chi connectivity index (χ0v) is 17.1. The second-order valence-electron chi connectivity index (χ2n) is 6.74. The topological polar surface area (TPSA) is 42.5 Å². The van der Waals surface area contributed by atoms with E-state index in [9.17, 15) is 4.39 Å². The minimum absolute atomic E-state index is 0.0573. The predicted octanol–water partition coefficient (Wildman–Crippen LogP) is 5.19. The van der Waals surface area contributed by atoms with Crippen molar-refractivity contribution in [1.29, 1.82) is 0 Å². The Morgan fingerprint density at radius 2 is 2.08 bits per heavy atom. The van der Waals surface area contributed by atoms with Crippen molar-refractivity contribution in [3.8, 4) is 11.5 Å². The number of fused-ring (bicyclic) bond motifs is 1. The molecule has 3 rings (SSSR count). The molecular weight excluding hydrogens is 419 g/mol. The third-order valence-electron chi connectivity index (χ3n) is 4.16. The van der Waals surface area contributed by atoms with Crippen LogP contribution in [0.3, 0.4) is 0 Å². The molecule has 138 valence electrons. The number of halogens is 2. The van der Waals surface area contributed by atoms with Gasteiger partial charge in [-0.1, -0.05) is 15.9 Å². The summed E-state index contributed by atoms with van der Waals surface area (Å²) in [7, 11) is 1.62.